The van der Waals surface area contributed by atoms with Crippen molar-refractivity contribution >= 4 is 5.96 Å². The van der Waals surface area contributed by atoms with E-state index in [2.05, 4.69) is 63.0 Å². The molecule has 0 radical (unpaired) electrons. The zero-order valence-corrected chi connectivity index (χ0v) is 15.2. The number of rotatable bonds is 6. The first-order valence-electron chi connectivity index (χ1n) is 9.14. The number of nitrogens with one attached hydrogen (secondary N) is 2. The molecule has 1 aliphatic carbocycles. The predicted octanol–water partition coefficient (Wildman–Crippen LogP) is 2.38. The molecule has 1 aromatic carbocycles. The summed E-state index contributed by atoms with van der Waals surface area (Å²) in [6, 6.07) is 10.9. The molecule has 25 heavy (non-hydrogen) atoms. The maximum absolute atomic E-state index is 4.67. The summed E-state index contributed by atoms with van der Waals surface area (Å²) in [5.74, 6) is 1.70. The lowest BCUT2D eigenvalue weighted by molar-refractivity contribution is 0.431. The second kappa shape index (κ2) is 8.14. The summed E-state index contributed by atoms with van der Waals surface area (Å²) in [5.41, 5.74) is 1.64. The van der Waals surface area contributed by atoms with Gasteiger partial charge < -0.3 is 10.6 Å². The van der Waals surface area contributed by atoms with Gasteiger partial charge in [0.2, 0.25) is 0 Å². The van der Waals surface area contributed by atoms with Crippen molar-refractivity contribution in [1.29, 1.82) is 0 Å². The molecule has 1 aliphatic rings. The van der Waals surface area contributed by atoms with E-state index < -0.39 is 0 Å². The number of benzene rings is 1. The van der Waals surface area contributed by atoms with Crippen molar-refractivity contribution < 1.29 is 0 Å². The van der Waals surface area contributed by atoms with Gasteiger partial charge in [0, 0.05) is 25.6 Å². The third kappa shape index (κ3) is 4.18. The lowest BCUT2D eigenvalue weighted by Crippen LogP contribution is -2.44. The van der Waals surface area contributed by atoms with E-state index in [-0.39, 0.29) is 5.41 Å². The van der Waals surface area contributed by atoms with Gasteiger partial charge in [-0.2, -0.15) is 5.10 Å². The Labute approximate surface area is 149 Å². The second-order valence-corrected chi connectivity index (χ2v) is 6.70. The molecule has 0 bridgehead atoms. The third-order valence-electron chi connectivity index (χ3n) is 5.07. The summed E-state index contributed by atoms with van der Waals surface area (Å²) >= 11 is 0. The molecule has 2 N–H and O–H groups in total. The smallest absolute Gasteiger partial charge is 0.191 e. The molecular formula is C19H28N6. The predicted molar refractivity (Wildman–Crippen MR) is 100 cm³/mol. The van der Waals surface area contributed by atoms with E-state index in [1.165, 1.54) is 31.2 Å². The average molecular weight is 340 g/mol. The molecule has 0 saturated heterocycles. The van der Waals surface area contributed by atoms with E-state index in [9.17, 15) is 0 Å². The average Bonchev–Trinajstić information content (AvgIpc) is 3.28. The Bertz CT molecular complexity index is 685. The summed E-state index contributed by atoms with van der Waals surface area (Å²) in [7, 11) is 1.89. The molecule has 1 heterocycles. The van der Waals surface area contributed by atoms with Gasteiger partial charge in [-0.1, -0.05) is 43.2 Å². The maximum atomic E-state index is 4.67. The van der Waals surface area contributed by atoms with Gasteiger partial charge in [0.15, 0.2) is 5.96 Å². The van der Waals surface area contributed by atoms with Crippen LogP contribution in [-0.4, -0.2) is 33.8 Å². The topological polar surface area (TPSA) is 67.1 Å². The number of aryl methyl sites for hydroxylation is 1. The van der Waals surface area contributed by atoms with Gasteiger partial charge in [-0.05, 0) is 25.3 Å². The van der Waals surface area contributed by atoms with Gasteiger partial charge in [-0.25, -0.2) is 9.98 Å². The fourth-order valence-corrected chi connectivity index (χ4v) is 3.62. The van der Waals surface area contributed by atoms with Crippen LogP contribution < -0.4 is 10.6 Å². The van der Waals surface area contributed by atoms with Crippen molar-refractivity contribution in [2.75, 3.05) is 13.1 Å². The van der Waals surface area contributed by atoms with Crippen LogP contribution in [0.3, 0.4) is 0 Å². The van der Waals surface area contributed by atoms with Crippen LogP contribution in [0.5, 0.6) is 0 Å². The number of aromatic nitrogens is 3. The molecule has 0 unspecified atom stereocenters. The molecule has 1 fully saturated rings. The quantitative estimate of drug-likeness (QED) is 0.626. The van der Waals surface area contributed by atoms with Gasteiger partial charge in [0.05, 0.1) is 0 Å². The van der Waals surface area contributed by atoms with E-state index >= 15 is 0 Å². The van der Waals surface area contributed by atoms with Gasteiger partial charge in [0.1, 0.15) is 18.7 Å². The Hall–Kier alpha value is -2.37. The minimum atomic E-state index is 0.211. The number of hydrogen-bond acceptors (Lipinski definition) is 3. The summed E-state index contributed by atoms with van der Waals surface area (Å²) in [4.78, 5) is 8.91. The number of hydrogen-bond donors (Lipinski definition) is 2. The molecule has 134 valence electrons. The monoisotopic (exact) mass is 340 g/mol. The summed E-state index contributed by atoms with van der Waals surface area (Å²) in [5, 5.41) is 11.0. The van der Waals surface area contributed by atoms with Crippen LogP contribution in [0.1, 0.15) is 44.0 Å². The fourth-order valence-electron chi connectivity index (χ4n) is 3.62. The molecule has 3 rings (SSSR count). The van der Waals surface area contributed by atoms with Gasteiger partial charge in [0.25, 0.3) is 0 Å². The molecule has 1 aromatic heterocycles. The van der Waals surface area contributed by atoms with Crippen LogP contribution in [0.2, 0.25) is 0 Å². The van der Waals surface area contributed by atoms with Crippen LogP contribution in [0.25, 0.3) is 0 Å². The highest BCUT2D eigenvalue weighted by molar-refractivity contribution is 5.79. The highest BCUT2D eigenvalue weighted by Crippen LogP contribution is 2.40. The summed E-state index contributed by atoms with van der Waals surface area (Å²) in [6.07, 6.45) is 6.61. The molecule has 0 spiro atoms. The Morgan fingerprint density at radius 2 is 1.96 bits per heavy atom. The van der Waals surface area contributed by atoms with Crippen molar-refractivity contribution in [3.8, 4) is 0 Å². The van der Waals surface area contributed by atoms with E-state index in [0.717, 1.165) is 24.9 Å². The Balaban J connectivity index is 1.70. The van der Waals surface area contributed by atoms with Gasteiger partial charge >= 0.3 is 0 Å². The minimum Gasteiger partial charge on any atom is -0.357 e. The zero-order valence-electron chi connectivity index (χ0n) is 15.2. The molecule has 6 heteroatoms. The van der Waals surface area contributed by atoms with E-state index in [0.29, 0.717) is 6.54 Å². The lowest BCUT2D eigenvalue weighted by atomic mass is 9.79. The van der Waals surface area contributed by atoms with Crippen LogP contribution in [0.4, 0.5) is 0 Å². The number of nitrogens with zero attached hydrogens (tertiary/aromatic N) is 4. The van der Waals surface area contributed by atoms with E-state index in [1.807, 2.05) is 7.05 Å². The van der Waals surface area contributed by atoms with E-state index in [4.69, 9.17) is 0 Å². The van der Waals surface area contributed by atoms with Gasteiger partial charge in [-0.3, -0.25) is 4.68 Å². The molecule has 6 nitrogen and oxygen atoms in total. The van der Waals surface area contributed by atoms with Crippen LogP contribution in [0, 0.1) is 0 Å². The highest BCUT2D eigenvalue weighted by atomic mass is 15.3. The zero-order chi connectivity index (χ0) is 17.5. The fraction of sp³-hybridized carbons (Fsp3) is 0.526. The Kier molecular flexibility index (Phi) is 5.68. The van der Waals surface area contributed by atoms with Crippen molar-refractivity contribution in [2.24, 2.45) is 12.0 Å². The molecule has 0 aliphatic heterocycles. The Morgan fingerprint density at radius 1 is 1.20 bits per heavy atom. The molecule has 2 aromatic rings. The first-order valence-corrected chi connectivity index (χ1v) is 9.14. The normalized spacial score (nSPS) is 16.8. The van der Waals surface area contributed by atoms with Crippen LogP contribution in [-0.2, 0) is 19.0 Å². The minimum absolute atomic E-state index is 0.211. The standard InChI is InChI=1S/C19H28N6/c1-3-20-18(21-13-17-23-15-24-25(17)2)22-14-19(11-7-8-12-19)16-9-5-4-6-10-16/h4-6,9-10,15H,3,7-8,11-14H2,1-2H3,(H2,20,21,22). The van der Waals surface area contributed by atoms with E-state index in [1.54, 1.807) is 11.0 Å². The molecule has 0 amide bonds. The van der Waals surface area contributed by atoms with Crippen molar-refractivity contribution in [2.45, 2.75) is 44.6 Å². The van der Waals surface area contributed by atoms with Gasteiger partial charge in [-0.15, -0.1) is 0 Å². The largest absolute Gasteiger partial charge is 0.357 e. The van der Waals surface area contributed by atoms with Crippen molar-refractivity contribution in [1.82, 2.24) is 25.4 Å². The maximum Gasteiger partial charge on any atom is 0.191 e. The number of guanidine groups is 1. The Morgan fingerprint density at radius 3 is 2.60 bits per heavy atom. The first kappa shape index (κ1) is 17.5. The first-order chi connectivity index (χ1) is 12.2. The molecular weight excluding hydrogens is 312 g/mol. The SMILES string of the molecule is CCNC(=NCc1ncnn1C)NCC1(c2ccccc2)CCCC1. The second-order valence-electron chi connectivity index (χ2n) is 6.70. The highest BCUT2D eigenvalue weighted by Gasteiger charge is 2.35. The third-order valence-corrected chi connectivity index (χ3v) is 5.07. The molecule has 1 saturated carbocycles. The molecule has 0 atom stereocenters. The summed E-state index contributed by atoms with van der Waals surface area (Å²) in [6.45, 7) is 4.34. The van der Waals surface area contributed by atoms with Crippen molar-refractivity contribution in [3.63, 3.8) is 0 Å². The van der Waals surface area contributed by atoms with Crippen LogP contribution in [0.15, 0.2) is 41.7 Å². The summed E-state index contributed by atoms with van der Waals surface area (Å²) < 4.78 is 1.76. The van der Waals surface area contributed by atoms with Crippen molar-refractivity contribution in [3.05, 3.63) is 48.0 Å². The lowest BCUT2D eigenvalue weighted by Gasteiger charge is -2.30. The van der Waals surface area contributed by atoms with Crippen LogP contribution >= 0.6 is 0 Å². The number of aliphatic imine (C=N–C) groups is 1.